The lowest BCUT2D eigenvalue weighted by Crippen LogP contribution is -2.48. The fourth-order valence-corrected chi connectivity index (χ4v) is 5.21. The molecule has 0 aromatic carbocycles. The Balaban J connectivity index is 1.65. The van der Waals surface area contributed by atoms with Gasteiger partial charge in [-0.15, -0.1) is 11.3 Å². The van der Waals surface area contributed by atoms with Gasteiger partial charge in [0.2, 0.25) is 0 Å². The van der Waals surface area contributed by atoms with Crippen molar-refractivity contribution in [2.24, 2.45) is 0 Å². The van der Waals surface area contributed by atoms with E-state index in [9.17, 15) is 9.59 Å². The minimum atomic E-state index is -0.649. The van der Waals surface area contributed by atoms with E-state index in [1.54, 1.807) is 11.3 Å². The summed E-state index contributed by atoms with van der Waals surface area (Å²) in [6.45, 7) is 1.06. The van der Waals surface area contributed by atoms with Gasteiger partial charge in [0, 0.05) is 11.4 Å². The van der Waals surface area contributed by atoms with Gasteiger partial charge in [-0.25, -0.2) is 9.69 Å². The Morgan fingerprint density at radius 1 is 1.21 bits per heavy atom. The summed E-state index contributed by atoms with van der Waals surface area (Å²) in [7, 11) is 1.94. The summed E-state index contributed by atoms with van der Waals surface area (Å²) in [5.41, 5.74) is -0.649. The van der Waals surface area contributed by atoms with E-state index in [1.807, 2.05) is 18.0 Å². The monoisotopic (exact) mass is 413 g/mol. The van der Waals surface area contributed by atoms with Crippen LogP contribution in [0.4, 0.5) is 4.79 Å². The topological polar surface area (TPSA) is 52.6 Å². The molecule has 1 N–H and O–H groups in total. The Morgan fingerprint density at radius 3 is 2.50 bits per heavy atom. The van der Waals surface area contributed by atoms with Crippen LogP contribution in [0.3, 0.4) is 0 Å². The number of amides is 3. The summed E-state index contributed by atoms with van der Waals surface area (Å²) in [5, 5.41) is 3.02. The van der Waals surface area contributed by atoms with E-state index < -0.39 is 5.54 Å². The van der Waals surface area contributed by atoms with Crippen molar-refractivity contribution in [3.05, 3.63) is 20.8 Å². The molecule has 0 radical (unpaired) electrons. The molecule has 1 aromatic heterocycles. The van der Waals surface area contributed by atoms with Gasteiger partial charge in [-0.2, -0.15) is 0 Å². The standard InChI is InChI=1S/C17H24BrN3O2S/c1-20(11-13-7-8-14(18)24-13)12-21-15(22)17(19-16(21)23)9-5-3-2-4-6-10-17/h7-8H,2-6,9-12H2,1H3,(H,19,23). The van der Waals surface area contributed by atoms with Crippen LogP contribution >= 0.6 is 27.3 Å². The number of carbonyl (C=O) groups excluding carboxylic acids is 2. The Labute approximate surface area is 155 Å². The molecule has 132 valence electrons. The second-order valence-electron chi connectivity index (χ2n) is 6.87. The summed E-state index contributed by atoms with van der Waals surface area (Å²) in [6, 6.07) is 3.85. The van der Waals surface area contributed by atoms with Crippen molar-refractivity contribution in [1.82, 2.24) is 15.1 Å². The summed E-state index contributed by atoms with van der Waals surface area (Å²) < 4.78 is 1.09. The van der Waals surface area contributed by atoms with E-state index in [2.05, 4.69) is 27.3 Å². The average Bonchev–Trinajstić information content (AvgIpc) is 3.00. The molecule has 1 spiro atoms. The third-order valence-corrected chi connectivity index (χ3v) is 6.50. The van der Waals surface area contributed by atoms with Gasteiger partial charge < -0.3 is 5.32 Å². The van der Waals surface area contributed by atoms with E-state index in [1.165, 1.54) is 16.2 Å². The first-order valence-electron chi connectivity index (χ1n) is 8.57. The van der Waals surface area contributed by atoms with Crippen molar-refractivity contribution in [1.29, 1.82) is 0 Å². The Bertz CT molecular complexity index is 611. The molecule has 1 aromatic rings. The number of halogens is 1. The highest BCUT2D eigenvalue weighted by atomic mass is 79.9. The molecule has 24 heavy (non-hydrogen) atoms. The number of nitrogens with one attached hydrogen (secondary N) is 1. The van der Waals surface area contributed by atoms with Crippen molar-refractivity contribution < 1.29 is 9.59 Å². The highest BCUT2D eigenvalue weighted by Gasteiger charge is 2.50. The average molecular weight is 414 g/mol. The van der Waals surface area contributed by atoms with Gasteiger partial charge in [0.1, 0.15) is 5.54 Å². The molecular formula is C17H24BrN3O2S. The first-order valence-corrected chi connectivity index (χ1v) is 10.2. The summed E-state index contributed by atoms with van der Waals surface area (Å²) in [6.07, 6.45) is 7.11. The predicted octanol–water partition coefficient (Wildman–Crippen LogP) is 3.93. The van der Waals surface area contributed by atoms with Crippen LogP contribution in [0.5, 0.6) is 0 Å². The molecule has 0 atom stereocenters. The first-order chi connectivity index (χ1) is 11.5. The van der Waals surface area contributed by atoms with Gasteiger partial charge in [-0.05, 0) is 48.0 Å². The molecule has 3 amide bonds. The van der Waals surface area contributed by atoms with Crippen LogP contribution in [0, 0.1) is 0 Å². The number of hydrogen-bond acceptors (Lipinski definition) is 4. The lowest BCUT2D eigenvalue weighted by Gasteiger charge is -2.29. The zero-order valence-electron chi connectivity index (χ0n) is 14.0. The molecule has 3 rings (SSSR count). The molecule has 5 nitrogen and oxygen atoms in total. The highest BCUT2D eigenvalue weighted by molar-refractivity contribution is 9.11. The number of rotatable bonds is 4. The van der Waals surface area contributed by atoms with Gasteiger partial charge in [0.05, 0.1) is 10.5 Å². The van der Waals surface area contributed by atoms with Crippen LogP contribution in [-0.4, -0.2) is 41.0 Å². The summed E-state index contributed by atoms with van der Waals surface area (Å²) >= 11 is 5.14. The van der Waals surface area contributed by atoms with Gasteiger partial charge in [-0.1, -0.05) is 32.1 Å². The molecule has 2 aliphatic rings. The molecule has 1 aliphatic heterocycles. The maximum atomic E-state index is 13.0. The molecule has 1 aliphatic carbocycles. The largest absolute Gasteiger partial charge is 0.326 e. The smallest absolute Gasteiger partial charge is 0.323 e. The van der Waals surface area contributed by atoms with Crippen molar-refractivity contribution in [3.63, 3.8) is 0 Å². The number of nitrogens with zero attached hydrogens (tertiary/aromatic N) is 2. The second kappa shape index (κ2) is 7.54. The van der Waals surface area contributed by atoms with Crippen LogP contribution in [0.1, 0.15) is 49.8 Å². The maximum Gasteiger partial charge on any atom is 0.326 e. The van der Waals surface area contributed by atoms with Crippen LogP contribution < -0.4 is 5.32 Å². The van der Waals surface area contributed by atoms with Crippen LogP contribution in [0.2, 0.25) is 0 Å². The Kier molecular flexibility index (Phi) is 5.62. The van der Waals surface area contributed by atoms with Crippen LogP contribution in [0.25, 0.3) is 0 Å². The molecule has 0 unspecified atom stereocenters. The zero-order chi connectivity index (χ0) is 17.2. The van der Waals surface area contributed by atoms with Gasteiger partial charge in [-0.3, -0.25) is 9.69 Å². The van der Waals surface area contributed by atoms with Crippen LogP contribution in [-0.2, 0) is 11.3 Å². The van der Waals surface area contributed by atoms with Crippen molar-refractivity contribution in [2.75, 3.05) is 13.7 Å². The molecule has 2 heterocycles. The van der Waals surface area contributed by atoms with Crippen molar-refractivity contribution >= 4 is 39.2 Å². The molecule has 7 heteroatoms. The van der Waals surface area contributed by atoms with E-state index in [0.29, 0.717) is 6.67 Å². The number of carbonyl (C=O) groups is 2. The Morgan fingerprint density at radius 2 is 1.88 bits per heavy atom. The lowest BCUT2D eigenvalue weighted by molar-refractivity contribution is -0.133. The summed E-state index contributed by atoms with van der Waals surface area (Å²) in [4.78, 5) is 30.0. The highest BCUT2D eigenvalue weighted by Crippen LogP contribution is 2.32. The number of hydrogen-bond donors (Lipinski definition) is 1. The predicted molar refractivity (Wildman–Crippen MR) is 98.8 cm³/mol. The normalized spacial score (nSPS) is 21.2. The first kappa shape index (κ1) is 17.9. The van der Waals surface area contributed by atoms with Gasteiger partial charge in [0.15, 0.2) is 0 Å². The second-order valence-corrected chi connectivity index (χ2v) is 9.42. The maximum absolute atomic E-state index is 13.0. The number of thiophene rings is 1. The molecular weight excluding hydrogens is 390 g/mol. The quantitative estimate of drug-likeness (QED) is 0.760. The van der Waals surface area contributed by atoms with E-state index in [4.69, 9.17) is 0 Å². The number of imide groups is 1. The number of urea groups is 1. The summed E-state index contributed by atoms with van der Waals surface area (Å²) in [5.74, 6) is -0.0337. The van der Waals surface area contributed by atoms with E-state index in [0.717, 1.165) is 48.9 Å². The fraction of sp³-hybridized carbons (Fsp3) is 0.647. The van der Waals surface area contributed by atoms with Crippen molar-refractivity contribution in [3.8, 4) is 0 Å². The molecule has 1 saturated heterocycles. The zero-order valence-corrected chi connectivity index (χ0v) is 16.4. The SMILES string of the molecule is CN(Cc1ccc(Br)s1)CN1C(=O)NC2(CCCCCCC2)C1=O. The fourth-order valence-electron chi connectivity index (χ4n) is 3.65. The minimum Gasteiger partial charge on any atom is -0.323 e. The van der Waals surface area contributed by atoms with Gasteiger partial charge >= 0.3 is 6.03 Å². The van der Waals surface area contributed by atoms with Crippen LogP contribution in [0.15, 0.2) is 15.9 Å². The molecule has 0 bridgehead atoms. The van der Waals surface area contributed by atoms with Crippen molar-refractivity contribution in [2.45, 2.75) is 57.0 Å². The molecule has 2 fully saturated rings. The lowest BCUT2D eigenvalue weighted by atomic mass is 9.84. The van der Waals surface area contributed by atoms with E-state index >= 15 is 0 Å². The third-order valence-electron chi connectivity index (χ3n) is 4.89. The molecule has 1 saturated carbocycles. The van der Waals surface area contributed by atoms with E-state index in [-0.39, 0.29) is 11.9 Å². The Hall–Kier alpha value is -0.920. The third kappa shape index (κ3) is 3.83. The van der Waals surface area contributed by atoms with Gasteiger partial charge in [0.25, 0.3) is 5.91 Å². The minimum absolute atomic E-state index is 0.0337.